The molecule has 0 fully saturated rings. The summed E-state index contributed by atoms with van der Waals surface area (Å²) in [6, 6.07) is 3.25. The average molecular weight is 198 g/mol. The van der Waals surface area contributed by atoms with Crippen LogP contribution in [0.15, 0.2) is 22.8 Å². The number of rotatable bonds is 4. The van der Waals surface area contributed by atoms with Crippen molar-refractivity contribution in [1.82, 2.24) is 5.32 Å². The summed E-state index contributed by atoms with van der Waals surface area (Å²) < 4.78 is 4.88. The lowest BCUT2D eigenvalue weighted by Crippen LogP contribution is -2.26. The standard InChI is InChI=1S/C8H10N2O2S/c9-7(13)3-4-10-8(11)6-2-1-5-12-6/h1-2,5H,3-4H2,(H2,9,13)(H,10,11). The van der Waals surface area contributed by atoms with Gasteiger partial charge in [-0.25, -0.2) is 0 Å². The van der Waals surface area contributed by atoms with Gasteiger partial charge < -0.3 is 15.5 Å². The van der Waals surface area contributed by atoms with E-state index in [9.17, 15) is 4.79 Å². The van der Waals surface area contributed by atoms with Crippen molar-refractivity contribution >= 4 is 23.1 Å². The second-order valence-electron chi connectivity index (χ2n) is 2.45. The SMILES string of the molecule is NC(=S)CCNC(=O)c1ccco1. The van der Waals surface area contributed by atoms with E-state index in [-0.39, 0.29) is 5.91 Å². The third kappa shape index (κ3) is 3.25. The number of carbonyl (C=O) groups excluding carboxylic acids is 1. The molecule has 0 atom stereocenters. The first-order chi connectivity index (χ1) is 6.20. The van der Waals surface area contributed by atoms with E-state index in [4.69, 9.17) is 10.2 Å². The highest BCUT2D eigenvalue weighted by molar-refractivity contribution is 7.80. The molecule has 0 aliphatic carbocycles. The van der Waals surface area contributed by atoms with Gasteiger partial charge in [-0.15, -0.1) is 0 Å². The van der Waals surface area contributed by atoms with Crippen LogP contribution in [0.5, 0.6) is 0 Å². The number of nitrogens with two attached hydrogens (primary N) is 1. The predicted molar refractivity (Wildman–Crippen MR) is 52.4 cm³/mol. The summed E-state index contributed by atoms with van der Waals surface area (Å²) in [6.45, 7) is 0.439. The van der Waals surface area contributed by atoms with Crippen LogP contribution in [0.25, 0.3) is 0 Å². The van der Waals surface area contributed by atoms with Crippen molar-refractivity contribution in [2.45, 2.75) is 6.42 Å². The van der Waals surface area contributed by atoms with Crippen molar-refractivity contribution in [2.24, 2.45) is 5.73 Å². The zero-order valence-electron chi connectivity index (χ0n) is 6.95. The van der Waals surface area contributed by atoms with Crippen molar-refractivity contribution in [1.29, 1.82) is 0 Å². The van der Waals surface area contributed by atoms with Gasteiger partial charge in [0, 0.05) is 13.0 Å². The molecule has 0 saturated heterocycles. The van der Waals surface area contributed by atoms with Crippen LogP contribution in [0.2, 0.25) is 0 Å². The van der Waals surface area contributed by atoms with Gasteiger partial charge in [-0.3, -0.25) is 4.79 Å². The maximum Gasteiger partial charge on any atom is 0.286 e. The monoisotopic (exact) mass is 198 g/mol. The highest BCUT2D eigenvalue weighted by Crippen LogP contribution is 1.98. The minimum absolute atomic E-state index is 0.249. The van der Waals surface area contributed by atoms with Crippen LogP contribution >= 0.6 is 12.2 Å². The van der Waals surface area contributed by atoms with E-state index in [1.165, 1.54) is 6.26 Å². The normalized spacial score (nSPS) is 9.54. The molecule has 5 heteroatoms. The topological polar surface area (TPSA) is 68.3 Å². The molecule has 3 N–H and O–H groups in total. The summed E-state index contributed by atoms with van der Waals surface area (Å²) in [7, 11) is 0. The Kier molecular flexibility index (Phi) is 3.45. The summed E-state index contributed by atoms with van der Waals surface area (Å²) in [5.41, 5.74) is 5.25. The molecule has 0 spiro atoms. The first-order valence-electron chi connectivity index (χ1n) is 3.80. The molecule has 0 unspecified atom stereocenters. The van der Waals surface area contributed by atoms with E-state index < -0.39 is 0 Å². The van der Waals surface area contributed by atoms with Gasteiger partial charge in [0.25, 0.3) is 5.91 Å². The molecule has 1 aromatic rings. The lowest BCUT2D eigenvalue weighted by Gasteiger charge is -2.00. The van der Waals surface area contributed by atoms with Gasteiger partial charge in [-0.05, 0) is 12.1 Å². The second kappa shape index (κ2) is 4.61. The number of hydrogen-bond donors (Lipinski definition) is 2. The number of nitrogens with one attached hydrogen (secondary N) is 1. The molecule has 0 aliphatic heterocycles. The molecular weight excluding hydrogens is 188 g/mol. The smallest absolute Gasteiger partial charge is 0.286 e. The molecule has 13 heavy (non-hydrogen) atoms. The van der Waals surface area contributed by atoms with Crippen LogP contribution in [0, 0.1) is 0 Å². The maximum atomic E-state index is 11.2. The number of amides is 1. The number of hydrogen-bond acceptors (Lipinski definition) is 3. The van der Waals surface area contributed by atoms with Crippen LogP contribution < -0.4 is 11.1 Å². The van der Waals surface area contributed by atoms with Crippen molar-refractivity contribution in [3.05, 3.63) is 24.2 Å². The lowest BCUT2D eigenvalue weighted by atomic mass is 10.4. The van der Waals surface area contributed by atoms with E-state index in [0.717, 1.165) is 0 Å². The molecule has 1 heterocycles. The molecular formula is C8H10N2O2S. The van der Waals surface area contributed by atoms with Crippen LogP contribution in [0.4, 0.5) is 0 Å². The predicted octanol–water partition coefficient (Wildman–Crippen LogP) is 0.686. The quantitative estimate of drug-likeness (QED) is 0.698. The molecule has 70 valence electrons. The van der Waals surface area contributed by atoms with Gasteiger partial charge in [0.05, 0.1) is 11.3 Å². The Labute approximate surface area is 81.1 Å². The lowest BCUT2D eigenvalue weighted by molar-refractivity contribution is 0.0927. The molecule has 1 amide bonds. The van der Waals surface area contributed by atoms with Gasteiger partial charge in [-0.2, -0.15) is 0 Å². The van der Waals surface area contributed by atoms with Crippen molar-refractivity contribution in [3.63, 3.8) is 0 Å². The Morgan fingerprint density at radius 2 is 2.46 bits per heavy atom. The fraction of sp³-hybridized carbons (Fsp3) is 0.250. The maximum absolute atomic E-state index is 11.2. The van der Waals surface area contributed by atoms with E-state index in [1.54, 1.807) is 12.1 Å². The first kappa shape index (κ1) is 9.73. The Hall–Kier alpha value is -1.36. The molecule has 0 aliphatic rings. The van der Waals surface area contributed by atoms with Crippen LogP contribution in [0.1, 0.15) is 17.0 Å². The number of carbonyl (C=O) groups is 1. The molecule has 0 radical (unpaired) electrons. The largest absolute Gasteiger partial charge is 0.459 e. The van der Waals surface area contributed by atoms with Crippen molar-refractivity contribution < 1.29 is 9.21 Å². The minimum atomic E-state index is -0.249. The van der Waals surface area contributed by atoms with Gasteiger partial charge in [0.15, 0.2) is 5.76 Å². The molecule has 0 saturated carbocycles. The van der Waals surface area contributed by atoms with Crippen LogP contribution in [0.3, 0.4) is 0 Å². The van der Waals surface area contributed by atoms with Gasteiger partial charge in [0.1, 0.15) is 0 Å². The number of thiocarbonyl (C=S) groups is 1. The highest BCUT2D eigenvalue weighted by atomic mass is 32.1. The molecule has 1 rings (SSSR count). The number of furan rings is 1. The summed E-state index contributed by atoms with van der Waals surface area (Å²) >= 11 is 4.65. The third-order valence-corrected chi connectivity index (χ3v) is 1.61. The van der Waals surface area contributed by atoms with E-state index >= 15 is 0 Å². The Morgan fingerprint density at radius 1 is 1.69 bits per heavy atom. The average Bonchev–Trinajstić information content (AvgIpc) is 2.55. The summed E-state index contributed by atoms with van der Waals surface area (Å²) in [5, 5.41) is 2.62. The fourth-order valence-electron chi connectivity index (χ4n) is 0.794. The summed E-state index contributed by atoms with van der Waals surface area (Å²) in [5.74, 6) is 0.0455. The Bertz CT molecular complexity index is 295. The fourth-order valence-corrected chi connectivity index (χ4v) is 0.896. The summed E-state index contributed by atoms with van der Waals surface area (Å²) in [4.78, 5) is 11.6. The second-order valence-corrected chi connectivity index (χ2v) is 2.97. The zero-order valence-corrected chi connectivity index (χ0v) is 7.76. The first-order valence-corrected chi connectivity index (χ1v) is 4.21. The van der Waals surface area contributed by atoms with Gasteiger partial charge in [0.2, 0.25) is 0 Å². The Morgan fingerprint density at radius 3 is 3.00 bits per heavy atom. The van der Waals surface area contributed by atoms with Crippen LogP contribution in [-0.2, 0) is 0 Å². The van der Waals surface area contributed by atoms with Crippen molar-refractivity contribution in [3.8, 4) is 0 Å². The van der Waals surface area contributed by atoms with Gasteiger partial charge in [-0.1, -0.05) is 12.2 Å². The molecule has 0 bridgehead atoms. The zero-order chi connectivity index (χ0) is 9.68. The Balaban J connectivity index is 2.31. The highest BCUT2D eigenvalue weighted by Gasteiger charge is 2.06. The third-order valence-electron chi connectivity index (χ3n) is 1.40. The van der Waals surface area contributed by atoms with Gasteiger partial charge >= 0.3 is 0 Å². The molecule has 4 nitrogen and oxygen atoms in total. The van der Waals surface area contributed by atoms with E-state index in [2.05, 4.69) is 17.5 Å². The van der Waals surface area contributed by atoms with Crippen LogP contribution in [-0.4, -0.2) is 17.4 Å². The molecule has 1 aromatic heterocycles. The minimum Gasteiger partial charge on any atom is -0.459 e. The van der Waals surface area contributed by atoms with E-state index in [0.29, 0.717) is 23.7 Å². The van der Waals surface area contributed by atoms with E-state index in [1.807, 2.05) is 0 Å². The summed E-state index contributed by atoms with van der Waals surface area (Å²) in [6.07, 6.45) is 1.95. The van der Waals surface area contributed by atoms with Crippen molar-refractivity contribution in [2.75, 3.05) is 6.54 Å². The molecule has 0 aromatic carbocycles.